The molecule has 1 N–H and O–H groups in total. The molecule has 2 aromatic carbocycles. The van der Waals surface area contributed by atoms with Crippen LogP contribution in [0.4, 0.5) is 13.2 Å². The Labute approximate surface area is 155 Å². The Bertz CT molecular complexity index is 825. The Morgan fingerprint density at radius 3 is 2.33 bits per heavy atom. The van der Waals surface area contributed by atoms with E-state index in [2.05, 4.69) is 10.1 Å². The molecule has 1 atom stereocenters. The first kappa shape index (κ1) is 19.4. The summed E-state index contributed by atoms with van der Waals surface area (Å²) in [5, 5.41) is 3.21. The number of methoxy groups -OCH3 is 2. The van der Waals surface area contributed by atoms with Gasteiger partial charge in [-0.25, -0.2) is 4.79 Å². The van der Waals surface area contributed by atoms with Crippen LogP contribution in [0.5, 0.6) is 0 Å². The molecule has 0 aromatic heterocycles. The third kappa shape index (κ3) is 3.70. The van der Waals surface area contributed by atoms with E-state index in [0.29, 0.717) is 35.2 Å². The third-order valence-corrected chi connectivity index (χ3v) is 4.96. The Morgan fingerprint density at radius 1 is 1.11 bits per heavy atom. The fourth-order valence-corrected chi connectivity index (χ4v) is 3.44. The molecular weight excluding hydrogens is 359 g/mol. The molecule has 0 saturated carbocycles. The van der Waals surface area contributed by atoms with Gasteiger partial charge in [-0.1, -0.05) is 18.2 Å². The number of hydrogen-bond acceptors (Lipinski definition) is 4. The Hall–Kier alpha value is -2.38. The predicted molar refractivity (Wildman–Crippen MR) is 94.4 cm³/mol. The first-order valence-corrected chi connectivity index (χ1v) is 8.47. The van der Waals surface area contributed by atoms with Crippen LogP contribution in [0.25, 0.3) is 11.1 Å². The molecule has 4 nitrogen and oxygen atoms in total. The van der Waals surface area contributed by atoms with Crippen molar-refractivity contribution in [2.24, 2.45) is 0 Å². The van der Waals surface area contributed by atoms with Crippen LogP contribution in [0.3, 0.4) is 0 Å². The summed E-state index contributed by atoms with van der Waals surface area (Å²) >= 11 is 0. The SMILES string of the molecule is COC(=O)c1ccc(-c2cc(C(F)(F)F)ccc2C2(OC)CCNC2)cc1. The molecule has 1 heterocycles. The summed E-state index contributed by atoms with van der Waals surface area (Å²) < 4.78 is 50.2. The predicted octanol–water partition coefficient (Wildman–Crippen LogP) is 3.99. The second kappa shape index (κ2) is 7.32. The van der Waals surface area contributed by atoms with Gasteiger partial charge in [-0.05, 0) is 53.9 Å². The molecule has 0 amide bonds. The lowest BCUT2D eigenvalue weighted by Crippen LogP contribution is -2.31. The molecule has 0 radical (unpaired) electrons. The van der Waals surface area contributed by atoms with Crippen molar-refractivity contribution in [1.29, 1.82) is 0 Å². The highest BCUT2D eigenvalue weighted by Crippen LogP contribution is 2.41. The van der Waals surface area contributed by atoms with Gasteiger partial charge >= 0.3 is 12.1 Å². The van der Waals surface area contributed by atoms with E-state index in [-0.39, 0.29) is 0 Å². The average Bonchev–Trinajstić information content (AvgIpc) is 3.16. The number of rotatable bonds is 4. The fourth-order valence-electron chi connectivity index (χ4n) is 3.44. The number of halogens is 3. The fraction of sp³-hybridized carbons (Fsp3) is 0.350. The maximum absolute atomic E-state index is 13.3. The molecule has 0 spiro atoms. The van der Waals surface area contributed by atoms with Gasteiger partial charge in [0.05, 0.1) is 18.2 Å². The monoisotopic (exact) mass is 379 g/mol. The molecule has 1 unspecified atom stereocenters. The van der Waals surface area contributed by atoms with E-state index >= 15 is 0 Å². The van der Waals surface area contributed by atoms with Crippen LogP contribution in [0.1, 0.15) is 27.9 Å². The highest BCUT2D eigenvalue weighted by atomic mass is 19.4. The van der Waals surface area contributed by atoms with Crippen LogP contribution in [0.2, 0.25) is 0 Å². The number of carbonyl (C=O) groups excluding carboxylic acids is 1. The van der Waals surface area contributed by atoms with E-state index in [1.165, 1.54) is 25.3 Å². The molecule has 1 fully saturated rings. The Kier molecular flexibility index (Phi) is 5.26. The minimum atomic E-state index is -4.45. The molecule has 3 rings (SSSR count). The lowest BCUT2D eigenvalue weighted by Gasteiger charge is -2.30. The van der Waals surface area contributed by atoms with Crippen LogP contribution in [0.15, 0.2) is 42.5 Å². The standard InChI is InChI=1S/C20H20F3NO3/c1-26-18(25)14-5-3-13(4-6-14)16-11-15(20(21,22)23)7-8-17(16)19(27-2)9-10-24-12-19/h3-8,11,24H,9-10,12H2,1-2H3. The van der Waals surface area contributed by atoms with Gasteiger partial charge in [0, 0.05) is 13.7 Å². The smallest absolute Gasteiger partial charge is 0.416 e. The summed E-state index contributed by atoms with van der Waals surface area (Å²) in [6, 6.07) is 10.0. The lowest BCUT2D eigenvalue weighted by molar-refractivity contribution is -0.137. The van der Waals surface area contributed by atoms with Gasteiger partial charge in [-0.3, -0.25) is 0 Å². The van der Waals surface area contributed by atoms with Crippen molar-refractivity contribution in [2.75, 3.05) is 27.3 Å². The molecule has 7 heteroatoms. The van der Waals surface area contributed by atoms with E-state index in [4.69, 9.17) is 4.74 Å². The number of esters is 1. The van der Waals surface area contributed by atoms with E-state index in [1.54, 1.807) is 19.2 Å². The highest BCUT2D eigenvalue weighted by molar-refractivity contribution is 5.90. The van der Waals surface area contributed by atoms with Crippen LogP contribution < -0.4 is 5.32 Å². The van der Waals surface area contributed by atoms with E-state index in [1.807, 2.05) is 0 Å². The average molecular weight is 379 g/mol. The van der Waals surface area contributed by atoms with Crippen LogP contribution in [0, 0.1) is 0 Å². The van der Waals surface area contributed by atoms with Crippen molar-refractivity contribution in [3.8, 4) is 11.1 Å². The number of alkyl halides is 3. The van der Waals surface area contributed by atoms with Crippen molar-refractivity contribution in [1.82, 2.24) is 5.32 Å². The summed E-state index contributed by atoms with van der Waals surface area (Å²) in [4.78, 5) is 11.6. The molecule has 0 aliphatic carbocycles. The topological polar surface area (TPSA) is 47.6 Å². The van der Waals surface area contributed by atoms with E-state index in [0.717, 1.165) is 18.7 Å². The molecule has 144 valence electrons. The molecule has 1 aliphatic heterocycles. The largest absolute Gasteiger partial charge is 0.465 e. The zero-order valence-electron chi connectivity index (χ0n) is 15.0. The Balaban J connectivity index is 2.14. The minimum absolute atomic E-state index is 0.332. The van der Waals surface area contributed by atoms with Crippen LogP contribution in [-0.2, 0) is 21.3 Å². The van der Waals surface area contributed by atoms with Crippen molar-refractivity contribution in [3.63, 3.8) is 0 Å². The summed E-state index contributed by atoms with van der Waals surface area (Å²) in [5.41, 5.74) is 0.613. The summed E-state index contributed by atoms with van der Waals surface area (Å²) in [5.74, 6) is -0.501. The highest BCUT2D eigenvalue weighted by Gasteiger charge is 2.39. The number of benzene rings is 2. The van der Waals surface area contributed by atoms with Crippen LogP contribution in [-0.4, -0.2) is 33.3 Å². The zero-order valence-corrected chi connectivity index (χ0v) is 15.0. The molecule has 0 bridgehead atoms. The second-order valence-electron chi connectivity index (χ2n) is 6.45. The third-order valence-electron chi connectivity index (χ3n) is 4.96. The van der Waals surface area contributed by atoms with Crippen molar-refractivity contribution < 1.29 is 27.4 Å². The zero-order chi connectivity index (χ0) is 19.7. The quantitative estimate of drug-likeness (QED) is 0.816. The van der Waals surface area contributed by atoms with Gasteiger partial charge in [0.2, 0.25) is 0 Å². The lowest BCUT2D eigenvalue weighted by atomic mass is 9.85. The van der Waals surface area contributed by atoms with E-state index < -0.39 is 23.3 Å². The summed E-state index contributed by atoms with van der Waals surface area (Å²) in [6.45, 7) is 1.23. The number of carbonyl (C=O) groups is 1. The van der Waals surface area contributed by atoms with Gasteiger partial charge < -0.3 is 14.8 Å². The summed E-state index contributed by atoms with van der Waals surface area (Å²) in [7, 11) is 2.84. The summed E-state index contributed by atoms with van der Waals surface area (Å²) in [6.07, 6.45) is -3.80. The van der Waals surface area contributed by atoms with Crippen molar-refractivity contribution in [2.45, 2.75) is 18.2 Å². The van der Waals surface area contributed by atoms with Gasteiger partial charge in [-0.15, -0.1) is 0 Å². The van der Waals surface area contributed by atoms with Gasteiger partial charge in [0.1, 0.15) is 5.60 Å². The molecular formula is C20H20F3NO3. The number of ether oxygens (including phenoxy) is 2. The molecule has 1 aliphatic rings. The first-order chi connectivity index (χ1) is 12.8. The maximum Gasteiger partial charge on any atom is 0.416 e. The number of hydrogen-bond donors (Lipinski definition) is 1. The Morgan fingerprint density at radius 2 is 1.81 bits per heavy atom. The van der Waals surface area contributed by atoms with Gasteiger partial charge in [-0.2, -0.15) is 13.2 Å². The minimum Gasteiger partial charge on any atom is -0.465 e. The molecule has 1 saturated heterocycles. The van der Waals surface area contributed by atoms with Crippen molar-refractivity contribution >= 4 is 5.97 Å². The second-order valence-corrected chi connectivity index (χ2v) is 6.45. The van der Waals surface area contributed by atoms with Gasteiger partial charge in [0.25, 0.3) is 0 Å². The van der Waals surface area contributed by atoms with E-state index in [9.17, 15) is 18.0 Å². The number of nitrogens with one attached hydrogen (secondary N) is 1. The van der Waals surface area contributed by atoms with Crippen LogP contribution >= 0.6 is 0 Å². The van der Waals surface area contributed by atoms with Gasteiger partial charge in [0.15, 0.2) is 0 Å². The first-order valence-electron chi connectivity index (χ1n) is 8.47. The molecule has 2 aromatic rings. The maximum atomic E-state index is 13.3. The van der Waals surface area contributed by atoms with Crippen molar-refractivity contribution in [3.05, 3.63) is 59.2 Å². The normalized spacial score (nSPS) is 19.9. The molecule has 27 heavy (non-hydrogen) atoms.